The molecule has 6 aromatic rings. The first-order chi connectivity index (χ1) is 35.9. The van der Waals surface area contributed by atoms with Crippen molar-refractivity contribution in [1.29, 1.82) is 0 Å². The van der Waals surface area contributed by atoms with E-state index >= 15 is 0 Å². The molecule has 0 amide bonds. The Hall–Kier alpha value is -4.36. The van der Waals surface area contributed by atoms with E-state index in [9.17, 15) is 69.7 Å². The van der Waals surface area contributed by atoms with Gasteiger partial charge < -0.3 is 0 Å². The van der Waals surface area contributed by atoms with Crippen LogP contribution in [0.3, 0.4) is 0 Å². The maximum absolute atomic E-state index is 14.8. The first kappa shape index (κ1) is 58.3. The summed E-state index contributed by atoms with van der Waals surface area (Å²) in [5.74, 6) is -0.669. The van der Waals surface area contributed by atoms with Crippen LogP contribution >= 0.6 is 17.0 Å². The van der Waals surface area contributed by atoms with E-state index in [2.05, 4.69) is 6.07 Å². The van der Waals surface area contributed by atoms with Crippen molar-refractivity contribution in [3.05, 3.63) is 170 Å². The van der Waals surface area contributed by atoms with E-state index in [1.165, 1.54) is 0 Å². The van der Waals surface area contributed by atoms with E-state index in [4.69, 9.17) is 0 Å². The van der Waals surface area contributed by atoms with Crippen LogP contribution in [0.1, 0.15) is 145 Å². The summed E-state index contributed by atoms with van der Waals surface area (Å²) in [4.78, 5) is 0. The van der Waals surface area contributed by atoms with Gasteiger partial charge in [0.05, 0.1) is 0 Å². The summed E-state index contributed by atoms with van der Waals surface area (Å²) >= 11 is -6.74. The molecule has 4 atom stereocenters. The number of allylic oxidation sites excluding steroid dienone is 2. The van der Waals surface area contributed by atoms with Crippen molar-refractivity contribution in [3.8, 4) is 33.4 Å². The third-order valence-electron chi connectivity index (χ3n) is 16.6. The van der Waals surface area contributed by atoms with Crippen LogP contribution in [0.15, 0.2) is 114 Å². The third-order valence-corrected chi connectivity index (χ3v) is 39.2. The SMILES string of the molecule is CCC(C)C1=Cc2c(ccc(C(C)(C)C)c2-c2cc(C(F)(F)F)cc(C(F)(F)F)c2)[CH]1[Zr]([Cl])([Cl])([c]1cccc2c1[SiH2]c1ccccc1-2)[CH]1C(C(C)CC)=Cc2c1ccc(C(C)(C)C)c2-c1cc(C(F)(F)F)cc(C(F)(F)F)c1. The molecule has 9 rings (SSSR count). The maximum atomic E-state index is 14.8. The molecule has 1 heterocycles. The van der Waals surface area contributed by atoms with Crippen molar-refractivity contribution in [2.45, 2.75) is 125 Å². The zero-order chi connectivity index (χ0) is 57.4. The van der Waals surface area contributed by atoms with Crippen LogP contribution in [0.5, 0.6) is 0 Å². The van der Waals surface area contributed by atoms with Gasteiger partial charge in [0, 0.05) is 0 Å². The van der Waals surface area contributed by atoms with Crippen molar-refractivity contribution in [2.75, 3.05) is 0 Å². The summed E-state index contributed by atoms with van der Waals surface area (Å²) in [6.45, 7) is 18.9. The van der Waals surface area contributed by atoms with E-state index in [0.717, 1.165) is 56.9 Å². The van der Waals surface area contributed by atoms with E-state index in [0.29, 0.717) is 49.5 Å². The molecule has 78 heavy (non-hydrogen) atoms. The molecule has 0 N–H and O–H groups in total. The molecule has 0 bridgehead atoms. The number of benzene rings is 6. The van der Waals surface area contributed by atoms with Gasteiger partial charge in [0.15, 0.2) is 0 Å². The first-order valence-corrected chi connectivity index (χ1v) is 37.9. The van der Waals surface area contributed by atoms with Crippen molar-refractivity contribution in [3.63, 3.8) is 0 Å². The number of alkyl halides is 12. The second kappa shape index (κ2) is 19.4. The van der Waals surface area contributed by atoms with Crippen LogP contribution in [0.4, 0.5) is 52.7 Å². The minimum atomic E-state index is -6.74. The Labute approximate surface area is 458 Å². The van der Waals surface area contributed by atoms with Gasteiger partial charge in [0.1, 0.15) is 0 Å². The summed E-state index contributed by atoms with van der Waals surface area (Å²) in [5.41, 5.74) is -1.75. The van der Waals surface area contributed by atoms with Gasteiger partial charge in [-0.3, -0.25) is 0 Å². The molecule has 4 unspecified atom stereocenters. The molecule has 0 nitrogen and oxygen atoms in total. The molecule has 3 aliphatic rings. The molecule has 0 saturated carbocycles. The van der Waals surface area contributed by atoms with Crippen molar-refractivity contribution >= 4 is 52.3 Å². The van der Waals surface area contributed by atoms with Crippen LogP contribution in [0, 0.1) is 11.8 Å². The monoisotopic (exact) mass is 1220 g/mol. The molecule has 0 fully saturated rings. The molecule has 1 aliphatic heterocycles. The molecule has 0 spiro atoms. The zero-order valence-electron chi connectivity index (χ0n) is 44.7. The predicted molar refractivity (Wildman–Crippen MR) is 293 cm³/mol. The standard InChI is InChI=1S/2C25H25F6.C12H9Si.2ClH.Zr/c2*1-6-14(2)16-9-15-7-8-21(23(3,4)5)22(20(15)12-16)17-10-18(24(26,27)28)13-19(11-17)25(29,30)31;1-3-7-11-9(5-1)10-6-2-4-8-12(10)13-11;;;/h2*7-14H,6H2,1-5H3;1-7H,13H2;2*1H;/q;;;;;+2/p-2. The second-order valence-corrected chi connectivity index (χ2v) is 46.1. The number of rotatable bonds is 9. The Morgan fingerprint density at radius 3 is 1.22 bits per heavy atom. The number of fused-ring (bicyclic) bond motifs is 5. The fraction of sp³-hybridized carbons (Fsp3) is 0.355. The Balaban J connectivity index is 1.47. The number of hydrogen-bond acceptors (Lipinski definition) is 0. The minimum absolute atomic E-state index is 0.113. The first-order valence-electron chi connectivity index (χ1n) is 26.1. The fourth-order valence-electron chi connectivity index (χ4n) is 12.6. The molecule has 2 aliphatic carbocycles. The van der Waals surface area contributed by atoms with Gasteiger partial charge in [-0.2, -0.15) is 0 Å². The summed E-state index contributed by atoms with van der Waals surface area (Å²) in [6.07, 6.45) is -15.9. The van der Waals surface area contributed by atoms with Crippen LogP contribution in [-0.2, 0) is 51.9 Å². The summed E-state index contributed by atoms with van der Waals surface area (Å²) < 4.78 is 177. The predicted octanol–water partition coefficient (Wildman–Crippen LogP) is 18.8. The van der Waals surface area contributed by atoms with E-state index < -0.39 is 91.0 Å². The van der Waals surface area contributed by atoms with Crippen LogP contribution in [0.25, 0.3) is 45.5 Å². The molecule has 0 aromatic heterocycles. The van der Waals surface area contributed by atoms with Gasteiger partial charge in [0.2, 0.25) is 0 Å². The molecule has 0 saturated heterocycles. The molecule has 0 radical (unpaired) electrons. The molecule has 6 aromatic carbocycles. The molecule has 413 valence electrons. The molecule has 16 heteroatoms. The third kappa shape index (κ3) is 9.84. The van der Waals surface area contributed by atoms with E-state index in [1.807, 2.05) is 130 Å². The van der Waals surface area contributed by atoms with Gasteiger partial charge in [-0.1, -0.05) is 0 Å². The summed E-state index contributed by atoms with van der Waals surface area (Å²) in [5, 5.41) is 2.10. The zero-order valence-corrected chi connectivity index (χ0v) is 50.1. The van der Waals surface area contributed by atoms with Gasteiger partial charge >= 0.3 is 461 Å². The van der Waals surface area contributed by atoms with Crippen LogP contribution < -0.4 is 13.6 Å². The topological polar surface area (TPSA) is 0 Å². The summed E-state index contributed by atoms with van der Waals surface area (Å²) in [7, 11) is 17.2. The second-order valence-electron chi connectivity index (χ2n) is 23.7. The van der Waals surface area contributed by atoms with Crippen molar-refractivity contribution in [1.82, 2.24) is 0 Å². The van der Waals surface area contributed by atoms with Gasteiger partial charge in [-0.15, -0.1) is 0 Å². The van der Waals surface area contributed by atoms with E-state index in [1.54, 1.807) is 12.1 Å². The average molecular weight is 1220 g/mol. The Morgan fingerprint density at radius 2 is 0.859 bits per heavy atom. The van der Waals surface area contributed by atoms with Gasteiger partial charge in [0.25, 0.3) is 0 Å². The van der Waals surface area contributed by atoms with Crippen molar-refractivity contribution < 1.29 is 69.1 Å². The van der Waals surface area contributed by atoms with E-state index in [-0.39, 0.29) is 46.2 Å². The average Bonchev–Trinajstić information content (AvgIpc) is 3.84. The Bertz CT molecular complexity index is 3230. The number of hydrogen-bond donors (Lipinski definition) is 0. The van der Waals surface area contributed by atoms with Crippen LogP contribution in [-0.4, -0.2) is 9.52 Å². The molecular weight excluding hydrogens is 1160 g/mol. The van der Waals surface area contributed by atoms with Gasteiger partial charge in [-0.25, -0.2) is 0 Å². The fourth-order valence-corrected chi connectivity index (χ4v) is 40.6. The normalized spacial score (nSPS) is 18.4. The van der Waals surface area contributed by atoms with Gasteiger partial charge in [-0.05, 0) is 0 Å². The Kier molecular flexibility index (Phi) is 14.5. The quantitative estimate of drug-likeness (QED) is 0.0998. The Morgan fingerprint density at radius 1 is 0.487 bits per heavy atom. The summed E-state index contributed by atoms with van der Waals surface area (Å²) in [6, 6.07) is 24.3. The molecular formula is C62H59Cl2F12SiZr. The van der Waals surface area contributed by atoms with Crippen LogP contribution in [0.2, 0.25) is 0 Å². The number of halogens is 14. The van der Waals surface area contributed by atoms with Crippen molar-refractivity contribution in [2.24, 2.45) is 11.8 Å².